The first-order valence-electron chi connectivity index (χ1n) is 4.36. The molecule has 0 spiro atoms. The van der Waals surface area contributed by atoms with Crippen molar-refractivity contribution in [2.24, 2.45) is 10.9 Å². The van der Waals surface area contributed by atoms with Crippen molar-refractivity contribution in [1.82, 2.24) is 0 Å². The number of carbonyl (C=O) groups is 1. The highest BCUT2D eigenvalue weighted by Gasteiger charge is 2.08. The molecule has 4 N–H and O–H groups in total. The Bertz CT molecular complexity index is 426. The Morgan fingerprint density at radius 2 is 2.06 bits per heavy atom. The lowest BCUT2D eigenvalue weighted by Gasteiger charge is -2.04. The Hall–Kier alpha value is -1.95. The molecule has 1 aromatic rings. The number of hydrazone groups is 1. The maximum absolute atomic E-state index is 11.5. The predicted molar refractivity (Wildman–Crippen MR) is 65.7 cm³/mol. The predicted octanol–water partition coefficient (Wildman–Crippen LogP) is 1.30. The van der Waals surface area contributed by atoms with E-state index in [4.69, 9.17) is 10.9 Å². The summed E-state index contributed by atoms with van der Waals surface area (Å²) in [7, 11) is 0. The van der Waals surface area contributed by atoms with Crippen molar-refractivity contribution < 1.29 is 9.90 Å². The van der Waals surface area contributed by atoms with E-state index in [1.165, 1.54) is 0 Å². The number of anilines is 1. The van der Waals surface area contributed by atoms with Crippen molar-refractivity contribution >= 4 is 29.9 Å². The molecule has 1 aromatic carbocycles. The van der Waals surface area contributed by atoms with E-state index in [-0.39, 0.29) is 5.71 Å². The van der Waals surface area contributed by atoms with E-state index < -0.39 is 5.91 Å². The molecule has 0 unspecified atom stereocenters. The highest BCUT2D eigenvalue weighted by Crippen LogP contribution is 2.11. The monoisotopic (exact) mass is 237 g/mol. The third kappa shape index (κ3) is 3.32. The van der Waals surface area contributed by atoms with Gasteiger partial charge in [-0.05, 0) is 24.3 Å². The summed E-state index contributed by atoms with van der Waals surface area (Å²) >= 11 is 4.11. The fourth-order valence-corrected chi connectivity index (χ4v) is 1.14. The summed E-state index contributed by atoms with van der Waals surface area (Å²) in [6.07, 6.45) is 1.80. The Labute approximate surface area is 98.1 Å². The van der Waals surface area contributed by atoms with E-state index in [0.717, 1.165) is 11.0 Å². The maximum atomic E-state index is 11.5. The van der Waals surface area contributed by atoms with Crippen molar-refractivity contribution in [3.05, 3.63) is 36.6 Å². The molecule has 0 saturated heterocycles. The number of nitrogens with one attached hydrogen (secondary N) is 1. The fraction of sp³-hybridized carbons (Fsp3) is 0. The second-order valence-electron chi connectivity index (χ2n) is 2.83. The van der Waals surface area contributed by atoms with Crippen LogP contribution >= 0.6 is 12.6 Å². The molecule has 0 aliphatic rings. The molecule has 0 aromatic heterocycles. The Morgan fingerprint density at radius 3 is 2.56 bits per heavy atom. The number of nitrogens with two attached hydrogens (primary N) is 1. The van der Waals surface area contributed by atoms with Crippen LogP contribution < -0.4 is 11.2 Å². The van der Waals surface area contributed by atoms with Crippen molar-refractivity contribution in [2.45, 2.75) is 4.90 Å². The zero-order valence-corrected chi connectivity index (χ0v) is 9.19. The van der Waals surface area contributed by atoms with Gasteiger partial charge in [-0.2, -0.15) is 5.10 Å². The Kier molecular flexibility index (Phi) is 4.41. The van der Waals surface area contributed by atoms with Crippen LogP contribution in [0.5, 0.6) is 0 Å². The number of hydrogen-bond acceptors (Lipinski definition) is 5. The lowest BCUT2D eigenvalue weighted by Crippen LogP contribution is -2.22. The van der Waals surface area contributed by atoms with Crippen molar-refractivity contribution in [3.63, 3.8) is 0 Å². The van der Waals surface area contributed by atoms with Crippen molar-refractivity contribution in [1.29, 1.82) is 0 Å². The first-order chi connectivity index (χ1) is 7.67. The average Bonchev–Trinajstić information content (AvgIpc) is 2.29. The van der Waals surface area contributed by atoms with Crippen LogP contribution in [0.4, 0.5) is 5.69 Å². The van der Waals surface area contributed by atoms with Gasteiger partial charge in [0.15, 0.2) is 5.71 Å². The topological polar surface area (TPSA) is 87.7 Å². The van der Waals surface area contributed by atoms with E-state index in [0.29, 0.717) is 11.9 Å². The molecular weight excluding hydrogens is 226 g/mol. The lowest BCUT2D eigenvalue weighted by atomic mass is 10.3. The number of aliphatic hydroxyl groups excluding tert-OH is 1. The summed E-state index contributed by atoms with van der Waals surface area (Å²) in [5.74, 6) is 4.49. The molecule has 1 amide bonds. The molecule has 0 fully saturated rings. The second kappa shape index (κ2) is 5.82. The number of thiol groups is 1. The number of nitrogens with zero attached hydrogens (tertiary/aromatic N) is 1. The van der Waals surface area contributed by atoms with E-state index in [1.54, 1.807) is 24.3 Å². The van der Waals surface area contributed by atoms with Crippen molar-refractivity contribution in [3.8, 4) is 0 Å². The van der Waals surface area contributed by atoms with Crippen LogP contribution in [0, 0.1) is 0 Å². The minimum absolute atomic E-state index is 0.0718. The van der Waals surface area contributed by atoms with Gasteiger partial charge in [-0.1, -0.05) is 0 Å². The summed E-state index contributed by atoms with van der Waals surface area (Å²) in [5, 5.41) is 14.3. The third-order valence-electron chi connectivity index (χ3n) is 1.73. The molecule has 1 rings (SSSR count). The SMILES string of the molecule is N/N=C(\C=C\O)C(=O)Nc1ccc(S)cc1. The smallest absolute Gasteiger partial charge is 0.276 e. The van der Waals surface area contributed by atoms with E-state index >= 15 is 0 Å². The number of carbonyl (C=O) groups excluding carboxylic acids is 1. The summed E-state index contributed by atoms with van der Waals surface area (Å²) in [6, 6.07) is 6.85. The number of amides is 1. The molecule has 0 aliphatic heterocycles. The van der Waals surface area contributed by atoms with Gasteiger partial charge in [-0.25, -0.2) is 0 Å². The van der Waals surface area contributed by atoms with Gasteiger partial charge in [0.2, 0.25) is 0 Å². The lowest BCUT2D eigenvalue weighted by molar-refractivity contribution is -0.110. The minimum Gasteiger partial charge on any atom is -0.516 e. The van der Waals surface area contributed by atoms with Gasteiger partial charge in [0, 0.05) is 16.7 Å². The van der Waals surface area contributed by atoms with Gasteiger partial charge in [-0.15, -0.1) is 12.6 Å². The zero-order valence-electron chi connectivity index (χ0n) is 8.29. The Morgan fingerprint density at radius 1 is 1.44 bits per heavy atom. The molecule has 0 radical (unpaired) electrons. The van der Waals surface area contributed by atoms with Gasteiger partial charge < -0.3 is 16.3 Å². The molecule has 0 heterocycles. The van der Waals surface area contributed by atoms with Crippen molar-refractivity contribution in [2.75, 3.05) is 5.32 Å². The summed E-state index contributed by atoms with van der Waals surface area (Å²) in [4.78, 5) is 12.3. The molecule has 5 nitrogen and oxygen atoms in total. The third-order valence-corrected chi connectivity index (χ3v) is 2.03. The molecular formula is C10H11N3O2S. The quantitative estimate of drug-likeness (QED) is 0.210. The largest absolute Gasteiger partial charge is 0.516 e. The van der Waals surface area contributed by atoms with Gasteiger partial charge >= 0.3 is 0 Å². The Balaban J connectivity index is 2.74. The highest BCUT2D eigenvalue weighted by molar-refractivity contribution is 7.80. The second-order valence-corrected chi connectivity index (χ2v) is 3.35. The standard InChI is InChI=1S/C10H11N3O2S/c11-13-9(5-6-14)10(15)12-7-1-3-8(16)4-2-7/h1-6,14,16H,11H2,(H,12,15)/b6-5+,13-9+. The van der Waals surface area contributed by atoms with Gasteiger partial charge in [0.1, 0.15) is 0 Å². The summed E-state index contributed by atoms with van der Waals surface area (Å²) in [6.45, 7) is 0. The number of benzene rings is 1. The number of aliphatic hydroxyl groups is 1. The van der Waals surface area contributed by atoms with Gasteiger partial charge in [0.25, 0.3) is 5.91 Å². The molecule has 0 atom stereocenters. The first kappa shape index (κ1) is 12.1. The van der Waals surface area contributed by atoms with Crippen LogP contribution in [0.1, 0.15) is 0 Å². The van der Waals surface area contributed by atoms with E-state index in [9.17, 15) is 4.79 Å². The number of hydrogen-bond donors (Lipinski definition) is 4. The first-order valence-corrected chi connectivity index (χ1v) is 4.81. The van der Waals surface area contributed by atoms with Gasteiger partial charge in [0.05, 0.1) is 6.26 Å². The molecule has 84 valence electrons. The van der Waals surface area contributed by atoms with Crippen LogP contribution in [-0.2, 0) is 4.79 Å². The van der Waals surface area contributed by atoms with Crippen LogP contribution in [0.3, 0.4) is 0 Å². The highest BCUT2D eigenvalue weighted by atomic mass is 32.1. The summed E-state index contributed by atoms with van der Waals surface area (Å²) in [5.41, 5.74) is 0.521. The average molecular weight is 237 g/mol. The maximum Gasteiger partial charge on any atom is 0.276 e. The van der Waals surface area contributed by atoms with E-state index in [2.05, 4.69) is 23.0 Å². The summed E-state index contributed by atoms with van der Waals surface area (Å²) < 4.78 is 0. The van der Waals surface area contributed by atoms with Crippen LogP contribution in [-0.4, -0.2) is 16.7 Å². The molecule has 6 heteroatoms. The fourth-order valence-electron chi connectivity index (χ4n) is 0.988. The van der Waals surface area contributed by atoms with E-state index in [1.807, 2.05) is 0 Å². The minimum atomic E-state index is -0.500. The van der Waals surface area contributed by atoms with Crippen LogP contribution in [0.15, 0.2) is 46.6 Å². The molecule has 16 heavy (non-hydrogen) atoms. The molecule has 0 aliphatic carbocycles. The normalized spacial score (nSPS) is 11.7. The number of rotatable bonds is 3. The molecule has 0 saturated carbocycles. The van der Waals surface area contributed by atoms with Gasteiger partial charge in [-0.3, -0.25) is 4.79 Å². The van der Waals surface area contributed by atoms with Crippen LogP contribution in [0.2, 0.25) is 0 Å². The zero-order chi connectivity index (χ0) is 12.0. The molecule has 0 bridgehead atoms. The van der Waals surface area contributed by atoms with Crippen LogP contribution in [0.25, 0.3) is 0 Å².